The van der Waals surface area contributed by atoms with Gasteiger partial charge in [0.25, 0.3) is 0 Å². The first-order valence-corrected chi connectivity index (χ1v) is 5.80. The first kappa shape index (κ1) is 12.9. The van der Waals surface area contributed by atoms with Gasteiger partial charge in [-0.05, 0) is 55.7 Å². The third kappa shape index (κ3) is 3.76. The summed E-state index contributed by atoms with van der Waals surface area (Å²) in [6.45, 7) is 7.63. The van der Waals surface area contributed by atoms with E-state index in [9.17, 15) is 0 Å². The number of thiocarbonyl (C=S) groups is 1. The average molecular weight is 235 g/mol. The molecule has 0 saturated carbocycles. The van der Waals surface area contributed by atoms with Gasteiger partial charge >= 0.3 is 0 Å². The molecule has 0 amide bonds. The number of hydrogen-bond donors (Lipinski definition) is 0. The molecule has 1 aromatic carbocycles. The Balaban J connectivity index is 2.53. The zero-order valence-electron chi connectivity index (χ0n) is 10.0. The zero-order valence-corrected chi connectivity index (χ0v) is 10.9. The van der Waals surface area contributed by atoms with E-state index in [1.807, 2.05) is 0 Å². The van der Waals surface area contributed by atoms with Crippen LogP contribution in [-0.2, 0) is 0 Å². The molecule has 0 saturated heterocycles. The second kappa shape index (κ2) is 6.41. The lowest BCUT2D eigenvalue weighted by Gasteiger charge is -2.11. The molecular formula is C13H17NOS. The Morgan fingerprint density at radius 2 is 1.88 bits per heavy atom. The number of hydrogen-bond acceptors (Lipinski definition) is 3. The van der Waals surface area contributed by atoms with Crippen LogP contribution in [0.5, 0.6) is 5.75 Å². The van der Waals surface area contributed by atoms with Crippen LogP contribution < -0.4 is 4.74 Å². The molecule has 0 radical (unpaired) electrons. The topological polar surface area (TPSA) is 21.6 Å². The normalized spacial score (nSPS) is 9.69. The lowest BCUT2D eigenvalue weighted by Crippen LogP contribution is -2.01. The summed E-state index contributed by atoms with van der Waals surface area (Å²) in [5, 5.41) is 2.35. The Morgan fingerprint density at radius 3 is 2.56 bits per heavy atom. The van der Waals surface area contributed by atoms with Crippen molar-refractivity contribution in [1.82, 2.24) is 0 Å². The SMILES string of the molecule is Cc1cc(C)c(OCCCN=C=S)cc1C. The summed E-state index contributed by atoms with van der Waals surface area (Å²) < 4.78 is 5.70. The molecule has 0 aromatic heterocycles. The highest BCUT2D eigenvalue weighted by Gasteiger charge is 2.02. The summed E-state index contributed by atoms with van der Waals surface area (Å²) in [4.78, 5) is 3.84. The van der Waals surface area contributed by atoms with Gasteiger partial charge in [-0.15, -0.1) is 0 Å². The highest BCUT2D eigenvalue weighted by Crippen LogP contribution is 2.22. The van der Waals surface area contributed by atoms with Crippen LogP contribution in [0.2, 0.25) is 0 Å². The number of nitrogens with zero attached hydrogens (tertiary/aromatic N) is 1. The van der Waals surface area contributed by atoms with Gasteiger partial charge in [-0.3, -0.25) is 0 Å². The predicted molar refractivity (Wildman–Crippen MR) is 70.7 cm³/mol. The molecule has 0 atom stereocenters. The molecule has 0 fully saturated rings. The van der Waals surface area contributed by atoms with Crippen LogP contribution in [0.1, 0.15) is 23.1 Å². The smallest absolute Gasteiger partial charge is 0.122 e. The summed E-state index contributed by atoms with van der Waals surface area (Å²) in [6.07, 6.45) is 0.871. The Kier molecular flexibility index (Phi) is 5.17. The Hall–Kier alpha value is -1.18. The zero-order chi connectivity index (χ0) is 12.0. The summed E-state index contributed by atoms with van der Waals surface area (Å²) in [6, 6.07) is 4.24. The Morgan fingerprint density at radius 1 is 1.19 bits per heavy atom. The molecule has 0 unspecified atom stereocenters. The van der Waals surface area contributed by atoms with Gasteiger partial charge in [0, 0.05) is 6.42 Å². The van der Waals surface area contributed by atoms with Crippen LogP contribution >= 0.6 is 12.2 Å². The van der Waals surface area contributed by atoms with Crippen molar-refractivity contribution in [1.29, 1.82) is 0 Å². The molecule has 86 valence electrons. The highest BCUT2D eigenvalue weighted by atomic mass is 32.1. The summed E-state index contributed by atoms with van der Waals surface area (Å²) >= 11 is 4.49. The van der Waals surface area contributed by atoms with Gasteiger partial charge < -0.3 is 4.74 Å². The van der Waals surface area contributed by atoms with E-state index < -0.39 is 0 Å². The summed E-state index contributed by atoms with van der Waals surface area (Å²) in [5.74, 6) is 0.967. The first-order valence-electron chi connectivity index (χ1n) is 5.39. The number of ether oxygens (including phenoxy) is 1. The molecule has 0 bridgehead atoms. The third-order valence-corrected chi connectivity index (χ3v) is 2.66. The number of benzene rings is 1. The van der Waals surface area contributed by atoms with Gasteiger partial charge in [-0.2, -0.15) is 0 Å². The van der Waals surface area contributed by atoms with E-state index in [2.05, 4.69) is 55.3 Å². The van der Waals surface area contributed by atoms with Crippen LogP contribution in [-0.4, -0.2) is 18.3 Å². The van der Waals surface area contributed by atoms with Gasteiger partial charge in [0.1, 0.15) is 5.75 Å². The van der Waals surface area contributed by atoms with E-state index in [4.69, 9.17) is 4.74 Å². The minimum atomic E-state index is 0.670. The molecule has 0 heterocycles. The first-order chi connectivity index (χ1) is 7.65. The molecule has 0 N–H and O–H groups in total. The monoisotopic (exact) mass is 235 g/mol. The maximum Gasteiger partial charge on any atom is 0.122 e. The summed E-state index contributed by atoms with van der Waals surface area (Å²) in [5.41, 5.74) is 3.74. The van der Waals surface area contributed by atoms with Crippen LogP contribution in [0.4, 0.5) is 0 Å². The largest absolute Gasteiger partial charge is 0.493 e. The Labute approximate surface area is 102 Å². The second-order valence-corrected chi connectivity index (χ2v) is 4.06. The molecule has 3 heteroatoms. The third-order valence-electron chi connectivity index (χ3n) is 2.53. The van der Waals surface area contributed by atoms with E-state index in [1.165, 1.54) is 16.7 Å². The van der Waals surface area contributed by atoms with E-state index in [0.29, 0.717) is 13.2 Å². The van der Waals surface area contributed by atoms with Gasteiger partial charge in [0.2, 0.25) is 0 Å². The number of aliphatic imine (C=N–C) groups is 1. The molecule has 0 aliphatic rings. The van der Waals surface area contributed by atoms with Gasteiger partial charge in [0.05, 0.1) is 18.3 Å². The lowest BCUT2D eigenvalue weighted by atomic mass is 10.1. The fraction of sp³-hybridized carbons (Fsp3) is 0.462. The quantitative estimate of drug-likeness (QED) is 0.443. The van der Waals surface area contributed by atoms with Gasteiger partial charge in [-0.1, -0.05) is 6.07 Å². The molecular weight excluding hydrogens is 218 g/mol. The maximum atomic E-state index is 5.70. The summed E-state index contributed by atoms with van der Waals surface area (Å²) in [7, 11) is 0. The van der Waals surface area contributed by atoms with Crippen LogP contribution in [0.15, 0.2) is 17.1 Å². The molecule has 0 spiro atoms. The van der Waals surface area contributed by atoms with Crippen molar-refractivity contribution in [3.05, 3.63) is 28.8 Å². The van der Waals surface area contributed by atoms with Crippen LogP contribution in [0.25, 0.3) is 0 Å². The van der Waals surface area contributed by atoms with E-state index in [0.717, 1.165) is 12.2 Å². The van der Waals surface area contributed by atoms with Crippen molar-refractivity contribution in [3.8, 4) is 5.75 Å². The average Bonchev–Trinajstić information content (AvgIpc) is 2.25. The fourth-order valence-corrected chi connectivity index (χ4v) is 1.55. The molecule has 1 rings (SSSR count). The van der Waals surface area contributed by atoms with Crippen molar-refractivity contribution in [3.63, 3.8) is 0 Å². The van der Waals surface area contributed by atoms with E-state index in [1.54, 1.807) is 0 Å². The minimum absolute atomic E-state index is 0.670. The van der Waals surface area contributed by atoms with Crippen molar-refractivity contribution in [2.24, 2.45) is 4.99 Å². The van der Waals surface area contributed by atoms with Crippen molar-refractivity contribution in [2.75, 3.05) is 13.2 Å². The number of aryl methyl sites for hydroxylation is 3. The van der Waals surface area contributed by atoms with Crippen LogP contribution in [0, 0.1) is 20.8 Å². The molecule has 0 aliphatic heterocycles. The highest BCUT2D eigenvalue weighted by molar-refractivity contribution is 7.78. The van der Waals surface area contributed by atoms with Gasteiger partial charge in [-0.25, -0.2) is 4.99 Å². The number of rotatable bonds is 5. The minimum Gasteiger partial charge on any atom is -0.493 e. The predicted octanol–water partition coefficient (Wildman–Crippen LogP) is 3.48. The molecule has 0 aliphatic carbocycles. The molecule has 1 aromatic rings. The second-order valence-electron chi connectivity index (χ2n) is 3.88. The van der Waals surface area contributed by atoms with Crippen molar-refractivity contribution < 1.29 is 4.74 Å². The standard InChI is InChI=1S/C13H17NOS/c1-10-7-12(3)13(8-11(10)2)15-6-4-5-14-9-16/h7-8H,4-6H2,1-3H3. The van der Waals surface area contributed by atoms with Crippen LogP contribution in [0.3, 0.4) is 0 Å². The van der Waals surface area contributed by atoms with Gasteiger partial charge in [0.15, 0.2) is 0 Å². The molecule has 16 heavy (non-hydrogen) atoms. The van der Waals surface area contributed by atoms with Crippen molar-refractivity contribution in [2.45, 2.75) is 27.2 Å². The Bertz CT molecular complexity index is 409. The molecule has 2 nitrogen and oxygen atoms in total. The fourth-order valence-electron chi connectivity index (χ4n) is 1.46. The van der Waals surface area contributed by atoms with E-state index in [-0.39, 0.29) is 0 Å². The number of isothiocyanates is 1. The lowest BCUT2D eigenvalue weighted by molar-refractivity contribution is 0.311. The van der Waals surface area contributed by atoms with E-state index >= 15 is 0 Å². The maximum absolute atomic E-state index is 5.70. The van der Waals surface area contributed by atoms with Crippen molar-refractivity contribution >= 4 is 17.4 Å².